The summed E-state index contributed by atoms with van der Waals surface area (Å²) in [5, 5.41) is 4.65. The van der Waals surface area contributed by atoms with E-state index in [9.17, 15) is 9.59 Å². The van der Waals surface area contributed by atoms with Gasteiger partial charge in [0.1, 0.15) is 15.1 Å². The Labute approximate surface area is 162 Å². The van der Waals surface area contributed by atoms with Gasteiger partial charge >= 0.3 is 6.09 Å². The van der Waals surface area contributed by atoms with Gasteiger partial charge in [-0.3, -0.25) is 9.48 Å². The summed E-state index contributed by atoms with van der Waals surface area (Å²) in [5.41, 5.74) is 0.755. The lowest BCUT2D eigenvalue weighted by Gasteiger charge is -2.34. The Kier molecular flexibility index (Phi) is 5.41. The summed E-state index contributed by atoms with van der Waals surface area (Å²) in [5.74, 6) is 0.714. The van der Waals surface area contributed by atoms with Gasteiger partial charge in [0.05, 0.1) is 6.04 Å². The molecule has 1 unspecified atom stereocenters. The van der Waals surface area contributed by atoms with E-state index in [1.165, 1.54) is 5.69 Å². The summed E-state index contributed by atoms with van der Waals surface area (Å²) in [6.07, 6.45) is 3.73. The second kappa shape index (κ2) is 7.25. The maximum Gasteiger partial charge on any atom is 0.410 e. The zero-order valence-corrected chi connectivity index (χ0v) is 17.3. The first-order valence-electron chi connectivity index (χ1n) is 8.97. The van der Waals surface area contributed by atoms with Crippen molar-refractivity contribution in [1.29, 1.82) is 0 Å². The van der Waals surface area contributed by atoms with E-state index >= 15 is 0 Å². The molecule has 0 bridgehead atoms. The summed E-state index contributed by atoms with van der Waals surface area (Å²) in [6.45, 7) is 7.07. The molecule has 1 atom stereocenters. The van der Waals surface area contributed by atoms with Gasteiger partial charge in [-0.05, 0) is 68.7 Å². The molecule has 1 aromatic rings. The molecular weight excluding hydrogens is 433 g/mol. The van der Waals surface area contributed by atoms with Gasteiger partial charge in [-0.25, -0.2) is 4.79 Å². The maximum absolute atomic E-state index is 12.2. The van der Waals surface area contributed by atoms with Crippen LogP contribution in [0.5, 0.6) is 0 Å². The highest BCUT2D eigenvalue weighted by molar-refractivity contribution is 14.1. The molecule has 1 aromatic heterocycles. The molecule has 7 heteroatoms. The number of likely N-dealkylation sites (tertiary alicyclic amines) is 1. The van der Waals surface area contributed by atoms with E-state index in [1.54, 1.807) is 4.90 Å². The van der Waals surface area contributed by atoms with Crippen LogP contribution < -0.4 is 0 Å². The number of carbonyl (C=O) groups is 2. The number of hydrogen-bond acceptors (Lipinski definition) is 4. The molecule has 2 fully saturated rings. The molecule has 0 spiro atoms. The normalized spacial score (nSPS) is 22.5. The summed E-state index contributed by atoms with van der Waals surface area (Å²) in [6, 6.07) is 2.34. The van der Waals surface area contributed by atoms with Gasteiger partial charge in [-0.15, -0.1) is 0 Å². The third-order valence-corrected chi connectivity index (χ3v) is 5.39. The minimum absolute atomic E-state index is 0.204. The molecule has 1 aliphatic carbocycles. The first kappa shape index (κ1) is 18.7. The van der Waals surface area contributed by atoms with E-state index in [1.807, 2.05) is 20.8 Å². The van der Waals surface area contributed by atoms with Crippen LogP contribution >= 0.6 is 22.6 Å². The number of amides is 1. The quantitative estimate of drug-likeness (QED) is 0.630. The van der Waals surface area contributed by atoms with Crippen molar-refractivity contribution in [2.75, 3.05) is 13.1 Å². The summed E-state index contributed by atoms with van der Waals surface area (Å²) in [7, 11) is 0. The van der Waals surface area contributed by atoms with Crippen molar-refractivity contribution in [3.8, 4) is 0 Å². The fraction of sp³-hybridized carbons (Fsp3) is 0.722. The number of aromatic nitrogens is 2. The van der Waals surface area contributed by atoms with Crippen molar-refractivity contribution in [1.82, 2.24) is 14.7 Å². The number of hydrogen-bond donors (Lipinski definition) is 0. The van der Waals surface area contributed by atoms with E-state index in [-0.39, 0.29) is 12.1 Å². The smallest absolute Gasteiger partial charge is 0.410 e. The molecule has 1 saturated heterocycles. The van der Waals surface area contributed by atoms with Crippen LogP contribution in [-0.2, 0) is 9.53 Å². The van der Waals surface area contributed by atoms with Crippen LogP contribution in [0.25, 0.3) is 0 Å². The molecule has 25 heavy (non-hydrogen) atoms. The summed E-state index contributed by atoms with van der Waals surface area (Å²) >= 11 is 2.24. The first-order chi connectivity index (χ1) is 11.7. The molecule has 2 aliphatic rings. The Hall–Kier alpha value is -1.12. The molecule has 1 aliphatic heterocycles. The van der Waals surface area contributed by atoms with Gasteiger partial charge in [-0.2, -0.15) is 5.10 Å². The molecule has 0 N–H and O–H groups in total. The third-order valence-electron chi connectivity index (χ3n) is 4.87. The fourth-order valence-corrected chi connectivity index (χ4v) is 4.21. The Morgan fingerprint density at radius 2 is 1.96 bits per heavy atom. The number of ether oxygens (including phenoxy) is 1. The SMILES string of the molecule is CC(C)(C)OC(=O)N1CCC(c2cc(I)nn2C2CCC(=O)C2)CC1. The number of rotatable bonds is 2. The molecule has 0 aromatic carbocycles. The molecule has 138 valence electrons. The van der Waals surface area contributed by atoms with Crippen LogP contribution in [-0.4, -0.2) is 45.2 Å². The van der Waals surface area contributed by atoms with Crippen molar-refractivity contribution in [2.24, 2.45) is 0 Å². The van der Waals surface area contributed by atoms with Crippen molar-refractivity contribution in [3.05, 3.63) is 15.5 Å². The van der Waals surface area contributed by atoms with Crippen LogP contribution in [0.3, 0.4) is 0 Å². The second-order valence-electron chi connectivity index (χ2n) is 8.01. The van der Waals surface area contributed by atoms with E-state index < -0.39 is 5.60 Å². The van der Waals surface area contributed by atoms with Gasteiger partial charge in [-0.1, -0.05) is 0 Å². The van der Waals surface area contributed by atoms with E-state index in [2.05, 4.69) is 38.4 Å². The highest BCUT2D eigenvalue weighted by Gasteiger charge is 2.32. The number of ketones is 1. The number of nitrogens with zero attached hydrogens (tertiary/aromatic N) is 3. The lowest BCUT2D eigenvalue weighted by molar-refractivity contribution is -0.117. The first-order valence-corrected chi connectivity index (χ1v) is 10.1. The molecule has 1 saturated carbocycles. The van der Waals surface area contributed by atoms with Crippen LogP contribution in [0.2, 0.25) is 0 Å². The maximum atomic E-state index is 12.2. The van der Waals surface area contributed by atoms with E-state index in [0.717, 1.165) is 23.0 Å². The topological polar surface area (TPSA) is 64.4 Å². The Bertz CT molecular complexity index is 657. The predicted octanol–water partition coefficient (Wildman–Crippen LogP) is 3.90. The Morgan fingerprint density at radius 3 is 2.52 bits per heavy atom. The number of carbonyl (C=O) groups excluding carboxylic acids is 2. The average molecular weight is 459 g/mol. The highest BCUT2D eigenvalue weighted by Crippen LogP contribution is 2.35. The van der Waals surface area contributed by atoms with Gasteiger partial charge in [0.2, 0.25) is 0 Å². The summed E-state index contributed by atoms with van der Waals surface area (Å²) in [4.78, 5) is 25.7. The number of piperidine rings is 1. The van der Waals surface area contributed by atoms with Crippen LogP contribution in [0.1, 0.15) is 70.5 Å². The Balaban J connectivity index is 1.65. The van der Waals surface area contributed by atoms with Crippen LogP contribution in [0.4, 0.5) is 4.79 Å². The monoisotopic (exact) mass is 459 g/mol. The zero-order valence-electron chi connectivity index (χ0n) is 15.1. The van der Waals surface area contributed by atoms with Crippen molar-refractivity contribution in [3.63, 3.8) is 0 Å². The minimum Gasteiger partial charge on any atom is -0.444 e. The number of Topliss-reactive ketones (excluding diaryl/α,β-unsaturated/α-hetero) is 1. The van der Waals surface area contributed by atoms with Crippen molar-refractivity contribution in [2.45, 2.75) is 70.4 Å². The van der Waals surface area contributed by atoms with Crippen molar-refractivity contribution >= 4 is 34.5 Å². The standard InChI is InChI=1S/C18H26IN3O3/c1-18(2,3)25-17(24)21-8-6-12(7-9-21)15-11-16(19)20-22(15)13-4-5-14(23)10-13/h11-13H,4-10H2,1-3H3. The van der Waals surface area contributed by atoms with Crippen molar-refractivity contribution < 1.29 is 14.3 Å². The molecule has 1 amide bonds. The van der Waals surface area contributed by atoms with Gasteiger partial charge in [0, 0.05) is 37.5 Å². The van der Waals surface area contributed by atoms with E-state index in [0.29, 0.717) is 37.6 Å². The van der Waals surface area contributed by atoms with Crippen LogP contribution in [0, 0.1) is 3.70 Å². The molecule has 6 nitrogen and oxygen atoms in total. The molecule has 2 heterocycles. The third kappa shape index (κ3) is 4.54. The number of halogens is 1. The average Bonchev–Trinajstić information content (AvgIpc) is 3.11. The predicted molar refractivity (Wildman–Crippen MR) is 103 cm³/mol. The molecule has 0 radical (unpaired) electrons. The minimum atomic E-state index is -0.461. The fourth-order valence-electron chi connectivity index (χ4n) is 3.66. The van der Waals surface area contributed by atoms with Gasteiger partial charge < -0.3 is 9.64 Å². The van der Waals surface area contributed by atoms with E-state index in [4.69, 9.17) is 4.74 Å². The van der Waals surface area contributed by atoms with Gasteiger partial charge in [0.25, 0.3) is 0 Å². The largest absolute Gasteiger partial charge is 0.444 e. The Morgan fingerprint density at radius 1 is 1.28 bits per heavy atom. The van der Waals surface area contributed by atoms with Crippen LogP contribution in [0.15, 0.2) is 6.07 Å². The highest BCUT2D eigenvalue weighted by atomic mass is 127. The lowest BCUT2D eigenvalue weighted by Crippen LogP contribution is -2.41. The lowest BCUT2D eigenvalue weighted by atomic mass is 9.93. The second-order valence-corrected chi connectivity index (χ2v) is 9.12. The van der Waals surface area contributed by atoms with Gasteiger partial charge in [0.15, 0.2) is 0 Å². The zero-order chi connectivity index (χ0) is 18.2. The molecule has 3 rings (SSSR count). The molecular formula is C18H26IN3O3. The summed E-state index contributed by atoms with van der Waals surface area (Å²) < 4.78 is 8.53.